The van der Waals surface area contributed by atoms with Gasteiger partial charge in [-0.1, -0.05) is 31.1 Å². The second-order valence-electron chi connectivity index (χ2n) is 4.71. The molecular formula is C14H16N2O3S. The molecule has 2 rings (SSSR count). The van der Waals surface area contributed by atoms with Gasteiger partial charge in [0.05, 0.1) is 12.2 Å². The molecule has 0 fully saturated rings. The largest absolute Gasteiger partial charge is 0.481 e. The Balaban J connectivity index is 1.91. The first-order chi connectivity index (χ1) is 9.54. The molecule has 5 nitrogen and oxygen atoms in total. The summed E-state index contributed by atoms with van der Waals surface area (Å²) in [5, 5.41) is 12.6. The Kier molecular flexibility index (Phi) is 4.79. The molecule has 2 aromatic rings. The molecule has 20 heavy (non-hydrogen) atoms. The molecule has 0 aliphatic rings. The third kappa shape index (κ3) is 4.09. The Morgan fingerprint density at radius 2 is 2.05 bits per heavy atom. The highest BCUT2D eigenvalue weighted by Crippen LogP contribution is 2.23. The van der Waals surface area contributed by atoms with Gasteiger partial charge in [0.15, 0.2) is 5.82 Å². The van der Waals surface area contributed by atoms with Crippen molar-refractivity contribution < 1.29 is 14.4 Å². The van der Waals surface area contributed by atoms with Gasteiger partial charge in [-0.2, -0.15) is 4.98 Å². The van der Waals surface area contributed by atoms with Crippen LogP contribution in [0.2, 0.25) is 0 Å². The average Bonchev–Trinajstić information content (AvgIpc) is 2.86. The maximum atomic E-state index is 10.6. The van der Waals surface area contributed by atoms with E-state index >= 15 is 0 Å². The zero-order chi connectivity index (χ0) is 14.5. The normalized spacial score (nSPS) is 10.9. The number of carbonyl (C=O) groups is 1. The summed E-state index contributed by atoms with van der Waals surface area (Å²) in [5.74, 6) is 1.37. The van der Waals surface area contributed by atoms with Crippen molar-refractivity contribution in [1.82, 2.24) is 10.1 Å². The number of hydrogen-bond acceptors (Lipinski definition) is 5. The van der Waals surface area contributed by atoms with Crippen molar-refractivity contribution >= 4 is 17.7 Å². The number of hydrogen-bond donors (Lipinski definition) is 1. The number of carboxylic acid groups (broad SMARTS) is 1. The molecule has 6 heteroatoms. The first kappa shape index (κ1) is 14.6. The van der Waals surface area contributed by atoms with Gasteiger partial charge in [0.2, 0.25) is 5.89 Å². The standard InChI is InChI=1S/C14H16N2O3S/c1-9(2)14-15-12(16-19-14)8-20-11-5-3-10(4-6-11)7-13(17)18/h3-6,9H,7-8H2,1-2H3,(H,17,18). The molecule has 0 spiro atoms. The van der Waals surface area contributed by atoms with Crippen LogP contribution in [0.5, 0.6) is 0 Å². The molecule has 106 valence electrons. The highest BCUT2D eigenvalue weighted by atomic mass is 32.2. The van der Waals surface area contributed by atoms with Crippen molar-refractivity contribution in [2.75, 3.05) is 0 Å². The molecule has 0 saturated heterocycles. The highest BCUT2D eigenvalue weighted by Gasteiger charge is 2.10. The number of thioether (sulfide) groups is 1. The molecule has 0 saturated carbocycles. The Morgan fingerprint density at radius 3 is 2.60 bits per heavy atom. The topological polar surface area (TPSA) is 76.2 Å². The van der Waals surface area contributed by atoms with E-state index in [0.29, 0.717) is 17.5 Å². The van der Waals surface area contributed by atoms with E-state index in [1.165, 1.54) is 0 Å². The lowest BCUT2D eigenvalue weighted by Gasteiger charge is -2.00. The van der Waals surface area contributed by atoms with Crippen LogP contribution < -0.4 is 0 Å². The first-order valence-corrected chi connectivity index (χ1v) is 7.29. The number of benzene rings is 1. The summed E-state index contributed by atoms with van der Waals surface area (Å²) in [7, 11) is 0. The summed E-state index contributed by atoms with van der Waals surface area (Å²) in [5.41, 5.74) is 0.795. The van der Waals surface area contributed by atoms with Crippen LogP contribution in [-0.4, -0.2) is 21.2 Å². The van der Waals surface area contributed by atoms with Crippen LogP contribution in [0.15, 0.2) is 33.7 Å². The van der Waals surface area contributed by atoms with E-state index in [-0.39, 0.29) is 12.3 Å². The molecule has 0 atom stereocenters. The van der Waals surface area contributed by atoms with Gasteiger partial charge in [0.1, 0.15) is 0 Å². The average molecular weight is 292 g/mol. The Bertz CT molecular complexity index is 578. The van der Waals surface area contributed by atoms with Gasteiger partial charge in [0.25, 0.3) is 0 Å². The van der Waals surface area contributed by atoms with E-state index in [1.807, 2.05) is 38.1 Å². The Morgan fingerprint density at radius 1 is 1.35 bits per heavy atom. The smallest absolute Gasteiger partial charge is 0.307 e. The van der Waals surface area contributed by atoms with Crippen molar-refractivity contribution in [3.63, 3.8) is 0 Å². The van der Waals surface area contributed by atoms with Crippen molar-refractivity contribution in [3.05, 3.63) is 41.5 Å². The van der Waals surface area contributed by atoms with E-state index in [0.717, 1.165) is 10.5 Å². The Hall–Kier alpha value is -1.82. The second-order valence-corrected chi connectivity index (χ2v) is 5.76. The summed E-state index contributed by atoms with van der Waals surface area (Å²) >= 11 is 1.59. The van der Waals surface area contributed by atoms with Crippen LogP contribution in [0.25, 0.3) is 0 Å². The Labute approximate surface area is 121 Å². The van der Waals surface area contributed by atoms with Crippen LogP contribution in [0, 0.1) is 0 Å². The van der Waals surface area contributed by atoms with Crippen LogP contribution in [-0.2, 0) is 17.0 Å². The molecule has 0 amide bonds. The lowest BCUT2D eigenvalue weighted by molar-refractivity contribution is -0.136. The molecule has 1 aromatic heterocycles. The molecule has 0 radical (unpaired) electrons. The summed E-state index contributed by atoms with van der Waals surface area (Å²) in [6, 6.07) is 7.47. The predicted octanol–water partition coefficient (Wildman–Crippen LogP) is 3.11. The number of aliphatic carboxylic acids is 1. The minimum absolute atomic E-state index is 0.0491. The monoisotopic (exact) mass is 292 g/mol. The fourth-order valence-electron chi connectivity index (χ4n) is 1.59. The van der Waals surface area contributed by atoms with Gasteiger partial charge in [0, 0.05) is 10.8 Å². The number of aromatic nitrogens is 2. The van der Waals surface area contributed by atoms with E-state index < -0.39 is 5.97 Å². The van der Waals surface area contributed by atoms with Crippen LogP contribution in [0.3, 0.4) is 0 Å². The van der Waals surface area contributed by atoms with Crippen LogP contribution in [0.1, 0.15) is 37.0 Å². The molecule has 1 heterocycles. The van der Waals surface area contributed by atoms with Gasteiger partial charge in [-0.15, -0.1) is 11.8 Å². The quantitative estimate of drug-likeness (QED) is 0.824. The predicted molar refractivity (Wildman–Crippen MR) is 75.7 cm³/mol. The minimum Gasteiger partial charge on any atom is -0.481 e. The summed E-state index contributed by atoms with van der Waals surface area (Å²) < 4.78 is 5.14. The summed E-state index contributed by atoms with van der Waals surface area (Å²) in [4.78, 5) is 15.9. The van der Waals surface area contributed by atoms with Gasteiger partial charge in [-0.3, -0.25) is 4.79 Å². The first-order valence-electron chi connectivity index (χ1n) is 6.30. The SMILES string of the molecule is CC(C)c1nc(CSc2ccc(CC(=O)O)cc2)no1. The molecule has 0 unspecified atom stereocenters. The summed E-state index contributed by atoms with van der Waals surface area (Å²) in [6.45, 7) is 4.01. The molecule has 1 N–H and O–H groups in total. The van der Waals surface area contributed by atoms with Gasteiger partial charge < -0.3 is 9.63 Å². The third-order valence-electron chi connectivity index (χ3n) is 2.62. The van der Waals surface area contributed by atoms with Crippen LogP contribution in [0.4, 0.5) is 0 Å². The molecular weight excluding hydrogens is 276 g/mol. The van der Waals surface area contributed by atoms with E-state index in [1.54, 1.807) is 11.8 Å². The number of rotatable bonds is 6. The maximum absolute atomic E-state index is 10.6. The summed E-state index contributed by atoms with van der Waals surface area (Å²) in [6.07, 6.45) is 0.0491. The third-order valence-corrected chi connectivity index (χ3v) is 3.63. The van der Waals surface area contributed by atoms with E-state index in [2.05, 4.69) is 10.1 Å². The lowest BCUT2D eigenvalue weighted by atomic mass is 10.2. The zero-order valence-electron chi connectivity index (χ0n) is 11.4. The number of nitrogens with zero attached hydrogens (tertiary/aromatic N) is 2. The van der Waals surface area contributed by atoms with Crippen LogP contribution >= 0.6 is 11.8 Å². The highest BCUT2D eigenvalue weighted by molar-refractivity contribution is 7.98. The fourth-order valence-corrected chi connectivity index (χ4v) is 2.33. The molecule has 1 aromatic carbocycles. The van der Waals surface area contributed by atoms with Crippen molar-refractivity contribution in [3.8, 4) is 0 Å². The number of carboxylic acids is 1. The van der Waals surface area contributed by atoms with Crippen molar-refractivity contribution in [1.29, 1.82) is 0 Å². The van der Waals surface area contributed by atoms with E-state index in [4.69, 9.17) is 9.63 Å². The molecule has 0 bridgehead atoms. The molecule has 0 aliphatic carbocycles. The van der Waals surface area contributed by atoms with Gasteiger partial charge in [-0.05, 0) is 17.7 Å². The fraction of sp³-hybridized carbons (Fsp3) is 0.357. The van der Waals surface area contributed by atoms with E-state index in [9.17, 15) is 4.79 Å². The zero-order valence-corrected chi connectivity index (χ0v) is 12.2. The van der Waals surface area contributed by atoms with Crippen molar-refractivity contribution in [2.24, 2.45) is 0 Å². The van der Waals surface area contributed by atoms with Gasteiger partial charge in [-0.25, -0.2) is 0 Å². The maximum Gasteiger partial charge on any atom is 0.307 e. The molecule has 0 aliphatic heterocycles. The second kappa shape index (κ2) is 6.56. The van der Waals surface area contributed by atoms with Gasteiger partial charge >= 0.3 is 5.97 Å². The van der Waals surface area contributed by atoms with Crippen molar-refractivity contribution in [2.45, 2.75) is 36.8 Å². The lowest BCUT2D eigenvalue weighted by Crippen LogP contribution is -1.99. The minimum atomic E-state index is -0.821.